The molecule has 0 aliphatic heterocycles. The van der Waals surface area contributed by atoms with E-state index < -0.39 is 5.97 Å². The average Bonchev–Trinajstić information content (AvgIpc) is 2.60. The first kappa shape index (κ1) is 10.5. The molecule has 2 aromatic rings. The molecule has 16 heavy (non-hydrogen) atoms. The molecule has 0 radical (unpaired) electrons. The molecule has 0 bridgehead atoms. The van der Waals surface area contributed by atoms with Gasteiger partial charge in [0.1, 0.15) is 0 Å². The molecule has 0 fully saturated rings. The van der Waals surface area contributed by atoms with Gasteiger partial charge in [0.25, 0.3) is 6.01 Å². The molecule has 0 saturated heterocycles. The molecule has 5 nitrogen and oxygen atoms in total. The standard InChI is InChI=1S/C10H7ClN2O3/c11-6-3-1-2-5(4-6)8-7(9(14)15)13-10(12)16-8/h1-4H,(H2,12,13)(H,14,15). The molecule has 0 unspecified atom stereocenters. The van der Waals surface area contributed by atoms with Crippen molar-refractivity contribution in [2.75, 3.05) is 5.73 Å². The Balaban J connectivity index is 2.59. The van der Waals surface area contributed by atoms with Gasteiger partial charge in [-0.3, -0.25) is 0 Å². The van der Waals surface area contributed by atoms with Gasteiger partial charge in [-0.05, 0) is 12.1 Å². The fourth-order valence-corrected chi connectivity index (χ4v) is 1.50. The van der Waals surface area contributed by atoms with Crippen molar-refractivity contribution in [2.45, 2.75) is 0 Å². The van der Waals surface area contributed by atoms with Gasteiger partial charge in [-0.15, -0.1) is 0 Å². The van der Waals surface area contributed by atoms with Crippen LogP contribution in [-0.4, -0.2) is 16.1 Å². The summed E-state index contributed by atoms with van der Waals surface area (Å²) in [5, 5.41) is 9.37. The molecule has 0 spiro atoms. The Kier molecular flexibility index (Phi) is 2.54. The summed E-state index contributed by atoms with van der Waals surface area (Å²) in [6, 6.07) is 6.41. The van der Waals surface area contributed by atoms with E-state index in [9.17, 15) is 4.79 Å². The molecule has 3 N–H and O–H groups in total. The van der Waals surface area contributed by atoms with E-state index in [1.807, 2.05) is 0 Å². The molecule has 0 atom stereocenters. The highest BCUT2D eigenvalue weighted by atomic mass is 35.5. The van der Waals surface area contributed by atoms with Crippen LogP contribution in [0, 0.1) is 0 Å². The normalized spacial score (nSPS) is 10.3. The van der Waals surface area contributed by atoms with Crippen LogP contribution in [0.3, 0.4) is 0 Å². The number of carbonyl (C=O) groups is 1. The van der Waals surface area contributed by atoms with E-state index in [0.717, 1.165) is 0 Å². The quantitative estimate of drug-likeness (QED) is 0.838. The van der Waals surface area contributed by atoms with E-state index in [4.69, 9.17) is 26.9 Å². The lowest BCUT2D eigenvalue weighted by Crippen LogP contribution is -1.99. The maximum absolute atomic E-state index is 10.9. The summed E-state index contributed by atoms with van der Waals surface area (Å²) in [4.78, 5) is 14.5. The zero-order valence-electron chi connectivity index (χ0n) is 7.98. The molecule has 1 aromatic heterocycles. The summed E-state index contributed by atoms with van der Waals surface area (Å²) in [5.74, 6) is -1.09. The third-order valence-electron chi connectivity index (χ3n) is 1.93. The summed E-state index contributed by atoms with van der Waals surface area (Å²) in [6.45, 7) is 0. The fraction of sp³-hybridized carbons (Fsp3) is 0. The minimum atomic E-state index is -1.20. The molecule has 0 aliphatic rings. The monoisotopic (exact) mass is 238 g/mol. The van der Waals surface area contributed by atoms with E-state index in [-0.39, 0.29) is 17.5 Å². The summed E-state index contributed by atoms with van der Waals surface area (Å²) < 4.78 is 5.04. The highest BCUT2D eigenvalue weighted by molar-refractivity contribution is 6.30. The van der Waals surface area contributed by atoms with Crippen LogP contribution < -0.4 is 5.73 Å². The molecule has 0 amide bonds. The lowest BCUT2D eigenvalue weighted by molar-refractivity contribution is 0.0691. The van der Waals surface area contributed by atoms with Crippen molar-refractivity contribution in [1.29, 1.82) is 0 Å². The number of oxazole rings is 1. The van der Waals surface area contributed by atoms with Crippen molar-refractivity contribution in [3.8, 4) is 11.3 Å². The Morgan fingerprint density at radius 3 is 2.88 bits per heavy atom. The number of nitrogen functional groups attached to an aromatic ring is 1. The van der Waals surface area contributed by atoms with Gasteiger partial charge in [-0.2, -0.15) is 4.98 Å². The van der Waals surface area contributed by atoms with Gasteiger partial charge >= 0.3 is 5.97 Å². The number of aromatic nitrogens is 1. The van der Waals surface area contributed by atoms with Crippen LogP contribution in [0.1, 0.15) is 10.5 Å². The van der Waals surface area contributed by atoms with Crippen LogP contribution in [0.5, 0.6) is 0 Å². The van der Waals surface area contributed by atoms with Gasteiger partial charge in [0.05, 0.1) is 0 Å². The Morgan fingerprint density at radius 2 is 2.25 bits per heavy atom. The number of aromatic carboxylic acids is 1. The zero-order valence-corrected chi connectivity index (χ0v) is 8.73. The van der Waals surface area contributed by atoms with Crippen LogP contribution >= 0.6 is 11.6 Å². The largest absolute Gasteiger partial charge is 0.476 e. The summed E-state index contributed by atoms with van der Waals surface area (Å²) in [7, 11) is 0. The second kappa shape index (κ2) is 3.86. The zero-order chi connectivity index (χ0) is 11.7. The lowest BCUT2D eigenvalue weighted by Gasteiger charge is -1.98. The number of carboxylic acids is 1. The topological polar surface area (TPSA) is 89.3 Å². The molecular formula is C10H7ClN2O3. The van der Waals surface area contributed by atoms with E-state index in [0.29, 0.717) is 10.6 Å². The molecule has 0 aliphatic carbocycles. The third-order valence-corrected chi connectivity index (χ3v) is 2.17. The first-order chi connectivity index (χ1) is 7.58. The highest BCUT2D eigenvalue weighted by Gasteiger charge is 2.19. The molecule has 1 aromatic carbocycles. The van der Waals surface area contributed by atoms with Gasteiger partial charge in [0.15, 0.2) is 11.5 Å². The predicted molar refractivity (Wildman–Crippen MR) is 58.3 cm³/mol. The first-order valence-electron chi connectivity index (χ1n) is 4.33. The Morgan fingerprint density at radius 1 is 1.50 bits per heavy atom. The second-order valence-electron chi connectivity index (χ2n) is 3.05. The lowest BCUT2D eigenvalue weighted by atomic mass is 10.1. The first-order valence-corrected chi connectivity index (χ1v) is 4.71. The number of anilines is 1. The van der Waals surface area contributed by atoms with Gasteiger partial charge in [-0.1, -0.05) is 23.7 Å². The smallest absolute Gasteiger partial charge is 0.358 e. The number of nitrogens with two attached hydrogens (primary N) is 1. The number of benzene rings is 1. The minimum Gasteiger partial charge on any atom is -0.476 e. The molecule has 0 saturated carbocycles. The Bertz CT molecular complexity index is 551. The Hall–Kier alpha value is -2.01. The molecule has 82 valence electrons. The van der Waals surface area contributed by atoms with E-state index in [1.54, 1.807) is 24.3 Å². The van der Waals surface area contributed by atoms with Crippen molar-refractivity contribution in [2.24, 2.45) is 0 Å². The summed E-state index contributed by atoms with van der Waals surface area (Å²) in [5.41, 5.74) is 5.62. The van der Waals surface area contributed by atoms with E-state index in [1.165, 1.54) is 0 Å². The van der Waals surface area contributed by atoms with Crippen LogP contribution in [0.15, 0.2) is 28.7 Å². The van der Waals surface area contributed by atoms with E-state index >= 15 is 0 Å². The number of nitrogens with zero attached hydrogens (tertiary/aromatic N) is 1. The minimum absolute atomic E-state index is 0.104. The van der Waals surface area contributed by atoms with Crippen LogP contribution in [0.2, 0.25) is 5.02 Å². The fourth-order valence-electron chi connectivity index (χ4n) is 1.31. The van der Waals surface area contributed by atoms with Crippen molar-refractivity contribution in [1.82, 2.24) is 4.98 Å². The van der Waals surface area contributed by atoms with Crippen LogP contribution in [0.4, 0.5) is 6.01 Å². The SMILES string of the molecule is Nc1nc(C(=O)O)c(-c2cccc(Cl)c2)o1. The highest BCUT2D eigenvalue weighted by Crippen LogP contribution is 2.27. The number of hydrogen-bond donors (Lipinski definition) is 2. The van der Waals surface area contributed by atoms with Crippen molar-refractivity contribution >= 4 is 23.6 Å². The number of carboxylic acid groups (broad SMARTS) is 1. The van der Waals surface area contributed by atoms with Gasteiger partial charge in [0.2, 0.25) is 0 Å². The molecule has 1 heterocycles. The second-order valence-corrected chi connectivity index (χ2v) is 3.48. The van der Waals surface area contributed by atoms with Crippen molar-refractivity contribution in [3.05, 3.63) is 35.0 Å². The maximum atomic E-state index is 10.9. The number of halogens is 1. The van der Waals surface area contributed by atoms with Crippen molar-refractivity contribution in [3.63, 3.8) is 0 Å². The summed E-state index contributed by atoms with van der Waals surface area (Å²) >= 11 is 5.79. The summed E-state index contributed by atoms with van der Waals surface area (Å²) in [6.07, 6.45) is 0. The molecule has 2 rings (SSSR count). The molecular weight excluding hydrogens is 232 g/mol. The number of rotatable bonds is 2. The predicted octanol–water partition coefficient (Wildman–Crippen LogP) is 2.28. The molecule has 6 heteroatoms. The maximum Gasteiger partial charge on any atom is 0.358 e. The Labute approximate surface area is 95.5 Å². The van der Waals surface area contributed by atoms with E-state index in [2.05, 4.69) is 4.98 Å². The van der Waals surface area contributed by atoms with Gasteiger partial charge in [-0.25, -0.2) is 4.79 Å². The third kappa shape index (κ3) is 1.85. The average molecular weight is 239 g/mol. The van der Waals surface area contributed by atoms with Crippen LogP contribution in [-0.2, 0) is 0 Å². The van der Waals surface area contributed by atoms with Crippen molar-refractivity contribution < 1.29 is 14.3 Å². The van der Waals surface area contributed by atoms with Gasteiger partial charge < -0.3 is 15.3 Å². The number of hydrogen-bond acceptors (Lipinski definition) is 4. The van der Waals surface area contributed by atoms with Gasteiger partial charge in [0, 0.05) is 10.6 Å². The van der Waals surface area contributed by atoms with Crippen LogP contribution in [0.25, 0.3) is 11.3 Å².